The average Bonchev–Trinajstić information content (AvgIpc) is 3.36. The fourth-order valence-electron chi connectivity index (χ4n) is 4.26. The lowest BCUT2D eigenvalue weighted by Gasteiger charge is -2.27. The lowest BCUT2D eigenvalue weighted by Crippen LogP contribution is -2.30. The smallest absolute Gasteiger partial charge is 0.273 e. The second-order valence-electron chi connectivity index (χ2n) is 7.74. The summed E-state index contributed by atoms with van der Waals surface area (Å²) in [5.41, 5.74) is 2.75. The van der Waals surface area contributed by atoms with Gasteiger partial charge in [-0.3, -0.25) is 9.89 Å². The number of aromatic amines is 1. The number of nitrogens with one attached hydrogen (secondary N) is 1. The predicted molar refractivity (Wildman–Crippen MR) is 125 cm³/mol. The molecule has 2 N–H and O–H groups in total. The van der Waals surface area contributed by atoms with Crippen LogP contribution in [0.3, 0.4) is 0 Å². The zero-order chi connectivity index (χ0) is 23.7. The molecule has 33 heavy (non-hydrogen) atoms. The molecule has 9 heteroatoms. The minimum absolute atomic E-state index is 0.0248. The zero-order valence-corrected chi connectivity index (χ0v) is 19.7. The summed E-state index contributed by atoms with van der Waals surface area (Å²) in [6, 6.07) is 7.95. The molecule has 8 nitrogen and oxygen atoms in total. The number of unbranched alkanes of at least 4 members (excludes halogenated alkanes) is 1. The van der Waals surface area contributed by atoms with Crippen molar-refractivity contribution < 1.29 is 24.1 Å². The number of ether oxygens (including phenoxy) is 3. The van der Waals surface area contributed by atoms with Crippen molar-refractivity contribution in [3.05, 3.63) is 52.2 Å². The number of benzene rings is 2. The van der Waals surface area contributed by atoms with Crippen LogP contribution in [0.5, 0.6) is 23.0 Å². The molecule has 4 rings (SSSR count). The Hall–Kier alpha value is -3.39. The van der Waals surface area contributed by atoms with Crippen LogP contribution < -0.4 is 14.2 Å². The van der Waals surface area contributed by atoms with Crippen LogP contribution in [-0.4, -0.2) is 54.0 Å². The summed E-state index contributed by atoms with van der Waals surface area (Å²) >= 11 is 6.20. The van der Waals surface area contributed by atoms with E-state index in [4.69, 9.17) is 25.8 Å². The van der Waals surface area contributed by atoms with Crippen LogP contribution in [-0.2, 0) is 0 Å². The monoisotopic (exact) mass is 471 g/mol. The number of carbonyl (C=O) groups excluding carboxylic acids is 1. The molecule has 2 aromatic carbocycles. The maximum absolute atomic E-state index is 13.4. The van der Waals surface area contributed by atoms with E-state index in [0.717, 1.165) is 18.4 Å². The van der Waals surface area contributed by atoms with Crippen LogP contribution in [0, 0.1) is 0 Å². The quantitative estimate of drug-likeness (QED) is 0.489. The number of carbonyl (C=O) groups is 1. The summed E-state index contributed by atoms with van der Waals surface area (Å²) in [5, 5.41) is 18.3. The summed E-state index contributed by atoms with van der Waals surface area (Å²) in [7, 11) is 4.64. The molecule has 174 valence electrons. The molecule has 0 saturated carbocycles. The molecule has 0 bridgehead atoms. The van der Waals surface area contributed by atoms with Gasteiger partial charge in [0, 0.05) is 22.7 Å². The van der Waals surface area contributed by atoms with Gasteiger partial charge in [-0.2, -0.15) is 5.10 Å². The number of methoxy groups -OCH3 is 3. The minimum Gasteiger partial charge on any atom is -0.507 e. The largest absolute Gasteiger partial charge is 0.507 e. The maximum atomic E-state index is 13.4. The van der Waals surface area contributed by atoms with Gasteiger partial charge in [0.1, 0.15) is 17.1 Å². The van der Waals surface area contributed by atoms with Crippen LogP contribution >= 0.6 is 11.6 Å². The number of hydrogen-bond donors (Lipinski definition) is 2. The molecule has 0 saturated heterocycles. The SMILES string of the molecule is CCCCN1C(=O)c2[nH]nc(-c3cc(Cl)ccc3O)c2C1c1cc(OC)c(OC)c(OC)c1. The molecule has 1 unspecified atom stereocenters. The highest BCUT2D eigenvalue weighted by molar-refractivity contribution is 6.31. The Morgan fingerprint density at radius 3 is 2.42 bits per heavy atom. The van der Waals surface area contributed by atoms with Crippen molar-refractivity contribution in [2.75, 3.05) is 27.9 Å². The van der Waals surface area contributed by atoms with Gasteiger partial charge in [0.15, 0.2) is 11.5 Å². The van der Waals surface area contributed by atoms with E-state index in [1.54, 1.807) is 38.4 Å². The number of nitrogens with zero attached hydrogens (tertiary/aromatic N) is 2. The molecule has 0 fully saturated rings. The van der Waals surface area contributed by atoms with E-state index in [9.17, 15) is 9.90 Å². The fraction of sp³-hybridized carbons (Fsp3) is 0.333. The maximum Gasteiger partial charge on any atom is 0.273 e. The van der Waals surface area contributed by atoms with Crippen molar-refractivity contribution >= 4 is 17.5 Å². The third-order valence-electron chi connectivity index (χ3n) is 5.83. The Labute approximate surface area is 197 Å². The highest BCUT2D eigenvalue weighted by Gasteiger charge is 2.42. The number of phenolic OH excluding ortho intramolecular Hbond substituents is 1. The molecular weight excluding hydrogens is 446 g/mol. The van der Waals surface area contributed by atoms with Crippen LogP contribution in [0.1, 0.15) is 47.4 Å². The average molecular weight is 472 g/mol. The van der Waals surface area contributed by atoms with Gasteiger partial charge in [-0.25, -0.2) is 0 Å². The Kier molecular flexibility index (Phi) is 6.37. The van der Waals surface area contributed by atoms with E-state index in [2.05, 4.69) is 17.1 Å². The molecular formula is C24H26ClN3O5. The molecule has 0 radical (unpaired) electrons. The third kappa shape index (κ3) is 3.84. The summed E-state index contributed by atoms with van der Waals surface area (Å²) < 4.78 is 16.6. The van der Waals surface area contributed by atoms with Gasteiger partial charge in [0.05, 0.1) is 27.4 Å². The third-order valence-corrected chi connectivity index (χ3v) is 6.07. The normalized spacial score (nSPS) is 15.0. The van der Waals surface area contributed by atoms with Gasteiger partial charge >= 0.3 is 0 Å². The summed E-state index contributed by atoms with van der Waals surface area (Å²) in [6.07, 6.45) is 1.77. The molecule has 0 spiro atoms. The zero-order valence-electron chi connectivity index (χ0n) is 18.9. The van der Waals surface area contributed by atoms with Crippen LogP contribution in [0.4, 0.5) is 0 Å². The van der Waals surface area contributed by atoms with Crippen molar-refractivity contribution in [1.29, 1.82) is 0 Å². The summed E-state index contributed by atoms with van der Waals surface area (Å²) in [4.78, 5) is 15.2. The summed E-state index contributed by atoms with van der Waals surface area (Å²) in [6.45, 7) is 2.63. The first-order valence-electron chi connectivity index (χ1n) is 10.6. The second kappa shape index (κ2) is 9.23. The number of hydrogen-bond acceptors (Lipinski definition) is 6. The predicted octanol–water partition coefficient (Wildman–Crippen LogP) is 4.81. The van der Waals surface area contributed by atoms with E-state index in [1.807, 2.05) is 12.1 Å². The number of phenols is 1. The van der Waals surface area contributed by atoms with E-state index >= 15 is 0 Å². The second-order valence-corrected chi connectivity index (χ2v) is 8.17. The van der Waals surface area contributed by atoms with Gasteiger partial charge in [0.25, 0.3) is 5.91 Å². The van der Waals surface area contributed by atoms with E-state index in [-0.39, 0.29) is 11.7 Å². The van der Waals surface area contributed by atoms with Gasteiger partial charge in [-0.15, -0.1) is 0 Å². The number of amides is 1. The van der Waals surface area contributed by atoms with Gasteiger partial charge in [-0.1, -0.05) is 24.9 Å². The Morgan fingerprint density at radius 1 is 1.12 bits per heavy atom. The lowest BCUT2D eigenvalue weighted by atomic mass is 9.95. The van der Waals surface area contributed by atoms with Crippen LogP contribution in [0.2, 0.25) is 5.02 Å². The first-order chi connectivity index (χ1) is 15.9. The van der Waals surface area contributed by atoms with E-state index < -0.39 is 6.04 Å². The molecule has 3 aromatic rings. The highest BCUT2D eigenvalue weighted by atomic mass is 35.5. The van der Waals surface area contributed by atoms with Crippen LogP contribution in [0.25, 0.3) is 11.3 Å². The van der Waals surface area contributed by atoms with Crippen LogP contribution in [0.15, 0.2) is 30.3 Å². The van der Waals surface area contributed by atoms with Gasteiger partial charge in [0.2, 0.25) is 5.75 Å². The molecule has 1 aliphatic rings. The molecule has 1 atom stereocenters. The van der Waals surface area contributed by atoms with Crippen molar-refractivity contribution in [1.82, 2.24) is 15.1 Å². The van der Waals surface area contributed by atoms with Crippen molar-refractivity contribution in [2.24, 2.45) is 0 Å². The lowest BCUT2D eigenvalue weighted by molar-refractivity contribution is 0.0741. The van der Waals surface area contributed by atoms with Crippen molar-refractivity contribution in [3.8, 4) is 34.3 Å². The first kappa shape index (κ1) is 22.8. The number of aromatic nitrogens is 2. The van der Waals surface area contributed by atoms with E-state index in [0.29, 0.717) is 51.3 Å². The standard InChI is InChI=1S/C24H26ClN3O5/c1-5-6-9-28-22(13-10-17(31-2)23(33-4)18(11-13)32-3)19-20(26-27-21(19)24(28)30)15-12-14(25)7-8-16(15)29/h7-8,10-12,22,29H,5-6,9H2,1-4H3,(H,26,27). The minimum atomic E-state index is -0.472. The van der Waals surface area contributed by atoms with E-state index in [1.165, 1.54) is 6.07 Å². The number of aromatic hydroxyl groups is 1. The van der Waals surface area contributed by atoms with Gasteiger partial charge in [-0.05, 0) is 42.3 Å². The fourth-order valence-corrected chi connectivity index (χ4v) is 4.44. The number of fused-ring (bicyclic) bond motifs is 1. The molecule has 0 aliphatic carbocycles. The summed E-state index contributed by atoms with van der Waals surface area (Å²) in [5.74, 6) is 1.31. The van der Waals surface area contributed by atoms with Crippen molar-refractivity contribution in [3.63, 3.8) is 0 Å². The molecule has 2 heterocycles. The molecule has 1 aromatic heterocycles. The first-order valence-corrected chi connectivity index (χ1v) is 11.0. The number of rotatable bonds is 8. The van der Waals surface area contributed by atoms with Crippen molar-refractivity contribution in [2.45, 2.75) is 25.8 Å². The Bertz CT molecular complexity index is 1170. The molecule has 1 amide bonds. The topological polar surface area (TPSA) is 96.9 Å². The molecule has 1 aliphatic heterocycles. The Morgan fingerprint density at radius 2 is 1.82 bits per heavy atom. The number of halogens is 1. The Balaban J connectivity index is 1.95. The highest BCUT2D eigenvalue weighted by Crippen LogP contribution is 2.48. The number of H-pyrrole nitrogens is 1. The van der Waals surface area contributed by atoms with Gasteiger partial charge < -0.3 is 24.2 Å².